The second-order valence-electron chi connectivity index (χ2n) is 5.47. The fourth-order valence-corrected chi connectivity index (χ4v) is 2.62. The normalized spacial score (nSPS) is 15.0. The molecule has 0 radical (unpaired) electrons. The maximum atomic E-state index is 12.1. The van der Waals surface area contributed by atoms with Gasteiger partial charge in [0.15, 0.2) is 5.70 Å². The zero-order valence-electron chi connectivity index (χ0n) is 13.7. The summed E-state index contributed by atoms with van der Waals surface area (Å²) in [4.78, 5) is 16.4. The lowest BCUT2D eigenvalue weighted by Gasteiger charge is -2.02. The molecule has 2 aromatic carbocycles. The molecule has 3 rings (SSSR count). The molecule has 126 valence electrons. The van der Waals surface area contributed by atoms with Crippen LogP contribution in [0.5, 0.6) is 5.75 Å². The third kappa shape index (κ3) is 4.17. The largest absolute Gasteiger partial charge is 0.490 e. The van der Waals surface area contributed by atoms with Gasteiger partial charge in [0.05, 0.1) is 0 Å². The summed E-state index contributed by atoms with van der Waals surface area (Å²) < 4.78 is 11.9. The highest BCUT2D eigenvalue weighted by Crippen LogP contribution is 2.22. The van der Waals surface area contributed by atoms with Gasteiger partial charge in [-0.3, -0.25) is 0 Å². The van der Waals surface area contributed by atoms with E-state index < -0.39 is 5.97 Å². The Bertz CT molecular complexity index is 882. The van der Waals surface area contributed by atoms with E-state index in [2.05, 4.69) is 34.2 Å². The van der Waals surface area contributed by atoms with Crippen LogP contribution in [0.15, 0.2) is 65.8 Å². The fraction of sp³-hybridized carbons (Fsp3) is 0.100. The molecule has 5 heteroatoms. The summed E-state index contributed by atoms with van der Waals surface area (Å²) in [5.41, 5.74) is 3.04. The van der Waals surface area contributed by atoms with E-state index >= 15 is 0 Å². The summed E-state index contributed by atoms with van der Waals surface area (Å²) in [5.74, 6) is 0.634. The predicted octanol–water partition coefficient (Wildman–Crippen LogP) is 4.51. The Labute approximate surface area is 160 Å². The van der Waals surface area contributed by atoms with Crippen molar-refractivity contribution in [3.63, 3.8) is 0 Å². The highest BCUT2D eigenvalue weighted by Gasteiger charge is 2.24. The number of carbonyl (C=O) groups excluding carboxylic acids is 1. The molecular weight excluding hydrogens is 429 g/mol. The number of hydrogen-bond acceptors (Lipinski definition) is 4. The Kier molecular flexibility index (Phi) is 5.33. The molecule has 0 N–H and O–H groups in total. The van der Waals surface area contributed by atoms with E-state index in [-0.39, 0.29) is 5.70 Å². The highest BCUT2D eigenvalue weighted by atomic mass is 127. The quantitative estimate of drug-likeness (QED) is 0.295. The van der Waals surface area contributed by atoms with E-state index in [0.29, 0.717) is 12.5 Å². The van der Waals surface area contributed by atoms with Crippen LogP contribution in [0.3, 0.4) is 0 Å². The number of ether oxygens (including phenoxy) is 2. The Balaban J connectivity index is 1.82. The lowest BCUT2D eigenvalue weighted by molar-refractivity contribution is -0.129. The smallest absolute Gasteiger partial charge is 0.363 e. The Hall–Kier alpha value is -2.41. The molecule has 25 heavy (non-hydrogen) atoms. The van der Waals surface area contributed by atoms with Gasteiger partial charge in [-0.2, -0.15) is 0 Å². The number of esters is 1. The molecular formula is C20H16INO3. The van der Waals surface area contributed by atoms with Crippen LogP contribution in [-0.4, -0.2) is 18.5 Å². The van der Waals surface area contributed by atoms with Crippen LogP contribution < -0.4 is 4.74 Å². The van der Waals surface area contributed by atoms with Crippen molar-refractivity contribution in [3.05, 3.63) is 81.1 Å². The molecule has 1 aliphatic heterocycles. The fourth-order valence-electron chi connectivity index (χ4n) is 2.28. The van der Waals surface area contributed by atoms with Gasteiger partial charge in [-0.05, 0) is 77.0 Å². The maximum Gasteiger partial charge on any atom is 0.363 e. The molecule has 1 aliphatic rings. The number of carbonyl (C=O) groups is 1. The molecule has 2 aromatic rings. The number of hydrogen-bond donors (Lipinski definition) is 0. The number of rotatable bonds is 5. The van der Waals surface area contributed by atoms with Crippen LogP contribution in [0, 0.1) is 10.5 Å². The first kappa shape index (κ1) is 17.4. The summed E-state index contributed by atoms with van der Waals surface area (Å²) in [6, 6.07) is 13.2. The molecule has 0 atom stereocenters. The average Bonchev–Trinajstić information content (AvgIpc) is 2.97. The molecule has 0 unspecified atom stereocenters. The van der Waals surface area contributed by atoms with Gasteiger partial charge in [0.2, 0.25) is 5.90 Å². The second-order valence-corrected chi connectivity index (χ2v) is 6.63. The third-order valence-electron chi connectivity index (χ3n) is 3.58. The Morgan fingerprint density at radius 3 is 2.68 bits per heavy atom. The first-order chi connectivity index (χ1) is 12.1. The molecule has 1 heterocycles. The molecule has 0 spiro atoms. The van der Waals surface area contributed by atoms with Crippen molar-refractivity contribution in [2.45, 2.75) is 6.92 Å². The summed E-state index contributed by atoms with van der Waals surface area (Å²) in [6.45, 7) is 6.07. The van der Waals surface area contributed by atoms with Crippen molar-refractivity contribution in [1.82, 2.24) is 0 Å². The lowest BCUT2D eigenvalue weighted by Crippen LogP contribution is -2.05. The van der Waals surface area contributed by atoms with Crippen molar-refractivity contribution in [1.29, 1.82) is 0 Å². The van der Waals surface area contributed by atoms with Gasteiger partial charge < -0.3 is 9.47 Å². The first-order valence-electron chi connectivity index (χ1n) is 7.69. The average molecular weight is 445 g/mol. The number of aliphatic imine (C=N–C) groups is 1. The van der Waals surface area contributed by atoms with Gasteiger partial charge >= 0.3 is 5.97 Å². The van der Waals surface area contributed by atoms with Gasteiger partial charge in [-0.15, -0.1) is 0 Å². The van der Waals surface area contributed by atoms with Gasteiger partial charge in [-0.1, -0.05) is 24.8 Å². The Morgan fingerprint density at radius 2 is 2.00 bits per heavy atom. The second kappa shape index (κ2) is 7.65. The van der Waals surface area contributed by atoms with Crippen molar-refractivity contribution in [2.75, 3.05) is 6.61 Å². The number of nitrogens with zero attached hydrogens (tertiary/aromatic N) is 1. The maximum absolute atomic E-state index is 12.1. The third-order valence-corrected chi connectivity index (χ3v) is 4.79. The van der Waals surface area contributed by atoms with Crippen molar-refractivity contribution in [2.24, 2.45) is 4.99 Å². The van der Waals surface area contributed by atoms with Crippen LogP contribution in [0.4, 0.5) is 0 Å². The minimum absolute atomic E-state index is 0.283. The molecule has 0 aliphatic carbocycles. The highest BCUT2D eigenvalue weighted by molar-refractivity contribution is 14.1. The molecule has 4 nitrogen and oxygen atoms in total. The number of cyclic esters (lactones) is 1. The molecule has 0 amide bonds. The van der Waals surface area contributed by atoms with Crippen LogP contribution in [0.25, 0.3) is 6.08 Å². The van der Waals surface area contributed by atoms with E-state index in [9.17, 15) is 4.79 Å². The molecule has 0 saturated heterocycles. The van der Waals surface area contributed by atoms with Crippen LogP contribution in [0.1, 0.15) is 16.7 Å². The monoisotopic (exact) mass is 445 g/mol. The van der Waals surface area contributed by atoms with Crippen LogP contribution >= 0.6 is 22.6 Å². The van der Waals surface area contributed by atoms with Crippen LogP contribution in [-0.2, 0) is 9.53 Å². The van der Waals surface area contributed by atoms with E-state index in [1.54, 1.807) is 12.2 Å². The zero-order chi connectivity index (χ0) is 17.8. The molecule has 0 bridgehead atoms. The van der Waals surface area contributed by atoms with Crippen LogP contribution in [0.2, 0.25) is 0 Å². The summed E-state index contributed by atoms with van der Waals surface area (Å²) in [6.07, 6.45) is 3.39. The molecule has 0 fully saturated rings. The zero-order valence-corrected chi connectivity index (χ0v) is 15.8. The number of aryl methyl sites for hydroxylation is 1. The first-order valence-corrected chi connectivity index (χ1v) is 8.77. The summed E-state index contributed by atoms with van der Waals surface area (Å²) >= 11 is 2.26. The summed E-state index contributed by atoms with van der Waals surface area (Å²) in [5, 5.41) is 0. The molecule has 0 aromatic heterocycles. The van der Waals surface area contributed by atoms with Gasteiger partial charge in [0, 0.05) is 9.13 Å². The molecule has 0 saturated carbocycles. The number of benzene rings is 2. The van der Waals surface area contributed by atoms with E-state index in [0.717, 1.165) is 26.0 Å². The lowest BCUT2D eigenvalue weighted by atomic mass is 10.1. The minimum atomic E-state index is -0.446. The van der Waals surface area contributed by atoms with E-state index in [1.807, 2.05) is 49.4 Å². The van der Waals surface area contributed by atoms with E-state index in [1.165, 1.54) is 0 Å². The summed E-state index contributed by atoms with van der Waals surface area (Å²) in [7, 11) is 0. The predicted molar refractivity (Wildman–Crippen MR) is 107 cm³/mol. The van der Waals surface area contributed by atoms with Crippen molar-refractivity contribution >= 4 is 40.5 Å². The standard InChI is InChI=1S/C20H16INO3/c1-3-10-24-16-7-4-14(5-8-16)12-18-20(23)25-19(22-18)15-6-9-17(21)13(2)11-15/h3-9,11-12H,1,10H2,2H3/b18-12-. The van der Waals surface area contributed by atoms with Gasteiger partial charge in [0.1, 0.15) is 12.4 Å². The van der Waals surface area contributed by atoms with Gasteiger partial charge in [0.25, 0.3) is 0 Å². The SMILES string of the molecule is C=CCOc1ccc(/C=C2\N=C(c3ccc(I)c(C)c3)OC2=O)cc1. The topological polar surface area (TPSA) is 47.9 Å². The van der Waals surface area contributed by atoms with E-state index in [4.69, 9.17) is 9.47 Å². The Morgan fingerprint density at radius 1 is 1.24 bits per heavy atom. The minimum Gasteiger partial charge on any atom is -0.490 e. The van der Waals surface area contributed by atoms with Crippen molar-refractivity contribution < 1.29 is 14.3 Å². The number of halogens is 1. The van der Waals surface area contributed by atoms with Crippen molar-refractivity contribution in [3.8, 4) is 5.75 Å². The van der Waals surface area contributed by atoms with Gasteiger partial charge in [-0.25, -0.2) is 9.79 Å².